The fourth-order valence-corrected chi connectivity index (χ4v) is 2.92. The molecule has 0 bridgehead atoms. The molecule has 0 aliphatic heterocycles. The third-order valence-corrected chi connectivity index (χ3v) is 4.72. The van der Waals surface area contributed by atoms with Crippen LogP contribution in [-0.2, 0) is 0 Å². The van der Waals surface area contributed by atoms with Crippen LogP contribution in [0, 0.1) is 0 Å². The second-order valence-corrected chi connectivity index (χ2v) is 6.75. The zero-order valence-electron chi connectivity index (χ0n) is 12.3. The number of benzene rings is 1. The Balaban J connectivity index is 1.85. The number of likely N-dealkylation sites (N-methyl/N-ethyl adjacent to an activating group) is 1. The van der Waals surface area contributed by atoms with E-state index in [0.717, 1.165) is 10.2 Å². The lowest BCUT2D eigenvalue weighted by Crippen LogP contribution is -2.30. The number of amides is 1. The first-order chi connectivity index (χ1) is 10.5. The van der Waals surface area contributed by atoms with Crippen molar-refractivity contribution in [3.05, 3.63) is 50.6 Å². The van der Waals surface area contributed by atoms with Crippen LogP contribution in [0.15, 0.2) is 40.9 Å². The van der Waals surface area contributed by atoms with Crippen molar-refractivity contribution < 1.29 is 14.3 Å². The Bertz CT molecular complexity index is 666. The lowest BCUT2D eigenvalue weighted by molar-refractivity contribution is 0.0778. The number of thiophene rings is 1. The van der Waals surface area contributed by atoms with Crippen molar-refractivity contribution in [2.24, 2.45) is 0 Å². The highest BCUT2D eigenvalue weighted by Crippen LogP contribution is 2.19. The summed E-state index contributed by atoms with van der Waals surface area (Å²) in [5, 5.41) is 0. The molecule has 0 atom stereocenters. The molecule has 0 fully saturated rings. The standard InChI is InChI=1S/C16H16BrNO3S/c1-11(19)14-7-8-15(22-14)16(20)18(2)9-10-21-13-5-3-12(17)4-6-13/h3-8H,9-10H2,1-2H3. The predicted molar refractivity (Wildman–Crippen MR) is 90.9 cm³/mol. The molecular weight excluding hydrogens is 366 g/mol. The smallest absolute Gasteiger partial charge is 0.263 e. The van der Waals surface area contributed by atoms with E-state index in [2.05, 4.69) is 15.9 Å². The first kappa shape index (κ1) is 16.7. The molecule has 1 amide bonds. The van der Waals surface area contributed by atoms with Crippen LogP contribution in [0.1, 0.15) is 26.3 Å². The van der Waals surface area contributed by atoms with Crippen LogP contribution in [0.4, 0.5) is 0 Å². The number of Topliss-reactive ketones (excluding diaryl/α,β-unsaturated/α-hetero) is 1. The summed E-state index contributed by atoms with van der Waals surface area (Å²) < 4.78 is 6.59. The van der Waals surface area contributed by atoms with Gasteiger partial charge >= 0.3 is 0 Å². The summed E-state index contributed by atoms with van der Waals surface area (Å²) in [5.74, 6) is 0.640. The van der Waals surface area contributed by atoms with Gasteiger partial charge in [-0.05, 0) is 43.3 Å². The van der Waals surface area contributed by atoms with E-state index in [0.29, 0.717) is 22.9 Å². The number of rotatable bonds is 6. The Hall–Kier alpha value is -1.66. The van der Waals surface area contributed by atoms with Crippen molar-refractivity contribution in [1.82, 2.24) is 4.90 Å². The summed E-state index contributed by atoms with van der Waals surface area (Å²) in [6, 6.07) is 10.9. The molecule has 2 aromatic rings. The van der Waals surface area contributed by atoms with Crippen LogP contribution in [0.3, 0.4) is 0 Å². The van der Waals surface area contributed by atoms with E-state index in [-0.39, 0.29) is 11.7 Å². The maximum Gasteiger partial charge on any atom is 0.263 e. The van der Waals surface area contributed by atoms with Gasteiger partial charge in [0.25, 0.3) is 5.91 Å². The van der Waals surface area contributed by atoms with Gasteiger partial charge in [-0.3, -0.25) is 9.59 Å². The molecule has 0 radical (unpaired) electrons. The molecule has 22 heavy (non-hydrogen) atoms. The maximum absolute atomic E-state index is 12.2. The highest BCUT2D eigenvalue weighted by Gasteiger charge is 2.15. The molecule has 116 valence electrons. The molecule has 1 aromatic heterocycles. The number of hydrogen-bond donors (Lipinski definition) is 0. The third-order valence-electron chi connectivity index (χ3n) is 3.02. The molecule has 4 nitrogen and oxygen atoms in total. The van der Waals surface area contributed by atoms with Crippen LogP contribution in [0.5, 0.6) is 5.75 Å². The van der Waals surface area contributed by atoms with Gasteiger partial charge in [0.15, 0.2) is 5.78 Å². The Labute approximate surface area is 141 Å². The minimum atomic E-state index is -0.100. The number of hydrogen-bond acceptors (Lipinski definition) is 4. The number of ether oxygens (including phenoxy) is 1. The molecule has 0 aliphatic rings. The van der Waals surface area contributed by atoms with E-state index < -0.39 is 0 Å². The van der Waals surface area contributed by atoms with Crippen molar-refractivity contribution in [2.75, 3.05) is 20.2 Å². The summed E-state index contributed by atoms with van der Waals surface area (Å²) in [6.07, 6.45) is 0. The molecule has 6 heteroatoms. The van der Waals surface area contributed by atoms with Gasteiger partial charge < -0.3 is 9.64 Å². The summed E-state index contributed by atoms with van der Waals surface area (Å²) in [5.41, 5.74) is 0. The molecule has 2 rings (SSSR count). The minimum absolute atomic E-state index is 0.0229. The predicted octanol–water partition coefficient (Wildman–Crippen LogP) is 3.86. The van der Waals surface area contributed by atoms with E-state index in [9.17, 15) is 9.59 Å². The van der Waals surface area contributed by atoms with E-state index in [1.54, 1.807) is 24.1 Å². The zero-order valence-corrected chi connectivity index (χ0v) is 14.7. The van der Waals surface area contributed by atoms with Gasteiger partial charge in [0.2, 0.25) is 0 Å². The highest BCUT2D eigenvalue weighted by molar-refractivity contribution is 9.10. The fourth-order valence-electron chi connectivity index (χ4n) is 1.76. The first-order valence-electron chi connectivity index (χ1n) is 6.72. The molecule has 0 unspecified atom stereocenters. The average Bonchev–Trinajstić information content (AvgIpc) is 2.98. The third kappa shape index (κ3) is 4.42. The topological polar surface area (TPSA) is 46.6 Å². The van der Waals surface area contributed by atoms with Crippen LogP contribution < -0.4 is 4.74 Å². The van der Waals surface area contributed by atoms with Crippen molar-refractivity contribution in [3.63, 3.8) is 0 Å². The molecule has 0 saturated heterocycles. The van der Waals surface area contributed by atoms with E-state index >= 15 is 0 Å². The van der Waals surface area contributed by atoms with E-state index in [1.165, 1.54) is 18.3 Å². The van der Waals surface area contributed by atoms with Crippen LogP contribution in [0.25, 0.3) is 0 Å². The Morgan fingerprint density at radius 2 is 1.77 bits per heavy atom. The Morgan fingerprint density at radius 1 is 1.14 bits per heavy atom. The first-order valence-corrected chi connectivity index (χ1v) is 8.33. The Kier molecular flexibility index (Phi) is 5.74. The van der Waals surface area contributed by atoms with Gasteiger partial charge in [0.1, 0.15) is 12.4 Å². The van der Waals surface area contributed by atoms with Gasteiger partial charge in [-0.25, -0.2) is 0 Å². The molecule has 0 N–H and O–H groups in total. The second-order valence-electron chi connectivity index (χ2n) is 4.75. The molecule has 0 aliphatic carbocycles. The van der Waals surface area contributed by atoms with Crippen LogP contribution >= 0.6 is 27.3 Å². The van der Waals surface area contributed by atoms with Gasteiger partial charge in [-0.1, -0.05) is 15.9 Å². The second kappa shape index (κ2) is 7.56. The van der Waals surface area contributed by atoms with Gasteiger partial charge in [-0.15, -0.1) is 11.3 Å². The monoisotopic (exact) mass is 381 g/mol. The van der Waals surface area contributed by atoms with Crippen molar-refractivity contribution >= 4 is 39.0 Å². The number of ketones is 1. The van der Waals surface area contributed by atoms with E-state index in [4.69, 9.17) is 4.74 Å². The lowest BCUT2D eigenvalue weighted by atomic mass is 10.3. The zero-order chi connectivity index (χ0) is 16.1. The van der Waals surface area contributed by atoms with Gasteiger partial charge in [-0.2, -0.15) is 0 Å². The van der Waals surface area contributed by atoms with Crippen molar-refractivity contribution in [2.45, 2.75) is 6.92 Å². The van der Waals surface area contributed by atoms with Crippen molar-refractivity contribution in [1.29, 1.82) is 0 Å². The minimum Gasteiger partial charge on any atom is -0.492 e. The van der Waals surface area contributed by atoms with E-state index in [1.807, 2.05) is 24.3 Å². The normalized spacial score (nSPS) is 10.3. The summed E-state index contributed by atoms with van der Waals surface area (Å²) in [4.78, 5) is 26.3. The largest absolute Gasteiger partial charge is 0.492 e. The number of carbonyl (C=O) groups is 2. The van der Waals surface area contributed by atoms with Crippen LogP contribution in [-0.4, -0.2) is 36.8 Å². The highest BCUT2D eigenvalue weighted by atomic mass is 79.9. The van der Waals surface area contributed by atoms with Crippen LogP contribution in [0.2, 0.25) is 0 Å². The molecule has 0 saturated carbocycles. The Morgan fingerprint density at radius 3 is 2.36 bits per heavy atom. The number of halogens is 1. The van der Waals surface area contributed by atoms with Gasteiger partial charge in [0, 0.05) is 11.5 Å². The fraction of sp³-hybridized carbons (Fsp3) is 0.250. The molecule has 1 heterocycles. The van der Waals surface area contributed by atoms with Crippen molar-refractivity contribution in [3.8, 4) is 5.75 Å². The number of nitrogens with zero attached hydrogens (tertiary/aromatic N) is 1. The maximum atomic E-state index is 12.2. The summed E-state index contributed by atoms with van der Waals surface area (Å²) in [7, 11) is 1.72. The molecule has 1 aromatic carbocycles. The average molecular weight is 382 g/mol. The molecule has 0 spiro atoms. The number of carbonyl (C=O) groups excluding carboxylic acids is 2. The van der Waals surface area contributed by atoms with Gasteiger partial charge in [0.05, 0.1) is 16.3 Å². The quantitative estimate of drug-likeness (QED) is 0.713. The lowest BCUT2D eigenvalue weighted by Gasteiger charge is -2.16. The summed E-state index contributed by atoms with van der Waals surface area (Å²) >= 11 is 4.58. The SMILES string of the molecule is CC(=O)c1ccc(C(=O)N(C)CCOc2ccc(Br)cc2)s1. The molecular formula is C16H16BrNO3S. The summed E-state index contributed by atoms with van der Waals surface area (Å²) in [6.45, 7) is 2.38.